The second-order valence-electron chi connectivity index (χ2n) is 5.19. The van der Waals surface area contributed by atoms with Gasteiger partial charge in [0.25, 0.3) is 5.69 Å². The zero-order chi connectivity index (χ0) is 18.0. The Bertz CT molecular complexity index is 829. The zero-order valence-corrected chi connectivity index (χ0v) is 13.2. The normalized spacial score (nSPS) is 11.8. The lowest BCUT2D eigenvalue weighted by molar-refractivity contribution is -0.386. The van der Waals surface area contributed by atoms with E-state index in [1.54, 1.807) is 0 Å². The lowest BCUT2D eigenvalue weighted by Gasteiger charge is -2.14. The Labute approximate surface area is 136 Å². The maximum atomic E-state index is 12.3. The van der Waals surface area contributed by atoms with E-state index < -0.39 is 21.8 Å². The fraction of sp³-hybridized carbons (Fsp3) is 0.286. The molecule has 10 heteroatoms. The quantitative estimate of drug-likeness (QED) is 0.660. The number of benzene rings is 1. The van der Waals surface area contributed by atoms with Crippen molar-refractivity contribution < 1.29 is 14.6 Å². The zero-order valence-electron chi connectivity index (χ0n) is 13.2. The maximum Gasteiger partial charge on any atom is 0.312 e. The molecular formula is C14H15N5O5. The summed E-state index contributed by atoms with van der Waals surface area (Å²) < 4.78 is 1.26. The van der Waals surface area contributed by atoms with Gasteiger partial charge in [-0.1, -0.05) is 6.07 Å². The van der Waals surface area contributed by atoms with Gasteiger partial charge < -0.3 is 5.32 Å². The highest BCUT2D eigenvalue weighted by Gasteiger charge is 2.27. The first-order chi connectivity index (χ1) is 11.2. The van der Waals surface area contributed by atoms with Crippen molar-refractivity contribution in [3.63, 3.8) is 0 Å². The van der Waals surface area contributed by atoms with Gasteiger partial charge in [0.15, 0.2) is 0 Å². The van der Waals surface area contributed by atoms with Crippen LogP contribution in [0.15, 0.2) is 24.3 Å². The molecule has 126 valence electrons. The van der Waals surface area contributed by atoms with Crippen LogP contribution in [0.3, 0.4) is 0 Å². The molecule has 0 aliphatic carbocycles. The Morgan fingerprint density at radius 1 is 1.25 bits per heavy atom. The summed E-state index contributed by atoms with van der Waals surface area (Å²) in [6.07, 6.45) is 0. The lowest BCUT2D eigenvalue weighted by atomic mass is 10.2. The highest BCUT2D eigenvalue weighted by molar-refractivity contribution is 5.93. The minimum Gasteiger partial charge on any atom is -0.324 e. The fourth-order valence-electron chi connectivity index (χ4n) is 2.35. The SMILES string of the molecule is Cc1nn(C(C)C(=O)Nc2cccc([N+](=O)[O-])c2)c(C)c1[N+](=O)[O-]. The summed E-state index contributed by atoms with van der Waals surface area (Å²) in [5.41, 5.74) is 0.455. The van der Waals surface area contributed by atoms with Crippen LogP contribution in [0, 0.1) is 34.1 Å². The third-order valence-electron chi connectivity index (χ3n) is 3.54. The molecule has 24 heavy (non-hydrogen) atoms. The number of non-ortho nitro benzene ring substituents is 1. The van der Waals surface area contributed by atoms with Crippen molar-refractivity contribution in [2.24, 2.45) is 0 Å². The first kappa shape index (κ1) is 17.1. The van der Waals surface area contributed by atoms with Crippen LogP contribution in [0.5, 0.6) is 0 Å². The second kappa shape index (κ2) is 6.44. The van der Waals surface area contributed by atoms with E-state index in [2.05, 4.69) is 10.4 Å². The number of anilines is 1. The Morgan fingerprint density at radius 3 is 2.46 bits per heavy atom. The van der Waals surface area contributed by atoms with Gasteiger partial charge >= 0.3 is 5.69 Å². The number of carbonyl (C=O) groups excluding carboxylic acids is 1. The van der Waals surface area contributed by atoms with Gasteiger partial charge in [0.05, 0.1) is 9.85 Å². The van der Waals surface area contributed by atoms with Crippen LogP contribution in [0.2, 0.25) is 0 Å². The van der Waals surface area contributed by atoms with E-state index >= 15 is 0 Å². The molecule has 2 rings (SSSR count). The minimum absolute atomic E-state index is 0.134. The smallest absolute Gasteiger partial charge is 0.312 e. The molecule has 0 fully saturated rings. The molecule has 1 atom stereocenters. The molecule has 0 spiro atoms. The van der Waals surface area contributed by atoms with Gasteiger partial charge in [0.2, 0.25) is 5.91 Å². The van der Waals surface area contributed by atoms with Crippen molar-refractivity contribution in [2.45, 2.75) is 26.8 Å². The standard InChI is InChI=1S/C14H15N5O5/c1-8-13(19(23)24)9(2)17(16-8)10(3)14(20)15-11-5-4-6-12(7-11)18(21)22/h4-7,10H,1-3H3,(H,15,20). The average Bonchev–Trinajstić information content (AvgIpc) is 2.81. The molecule has 1 aromatic heterocycles. The van der Waals surface area contributed by atoms with Crippen LogP contribution < -0.4 is 5.32 Å². The molecule has 1 heterocycles. The Kier molecular flexibility index (Phi) is 4.58. The molecule has 0 aliphatic heterocycles. The van der Waals surface area contributed by atoms with Gasteiger partial charge in [-0.15, -0.1) is 0 Å². The highest BCUT2D eigenvalue weighted by atomic mass is 16.6. The maximum absolute atomic E-state index is 12.3. The Morgan fingerprint density at radius 2 is 1.92 bits per heavy atom. The highest BCUT2D eigenvalue weighted by Crippen LogP contribution is 2.25. The molecule has 1 aromatic carbocycles. The summed E-state index contributed by atoms with van der Waals surface area (Å²) >= 11 is 0. The van der Waals surface area contributed by atoms with Gasteiger partial charge in [-0.25, -0.2) is 0 Å². The number of carbonyl (C=O) groups is 1. The van der Waals surface area contributed by atoms with E-state index in [1.807, 2.05) is 0 Å². The number of nitrogens with zero attached hydrogens (tertiary/aromatic N) is 4. The predicted molar refractivity (Wildman–Crippen MR) is 84.8 cm³/mol. The van der Waals surface area contributed by atoms with E-state index in [9.17, 15) is 25.0 Å². The molecule has 10 nitrogen and oxygen atoms in total. The number of amides is 1. The monoisotopic (exact) mass is 333 g/mol. The number of nitro groups is 2. The second-order valence-corrected chi connectivity index (χ2v) is 5.19. The predicted octanol–water partition coefficient (Wildman–Crippen LogP) is 2.52. The van der Waals surface area contributed by atoms with Gasteiger partial charge in [0.1, 0.15) is 17.4 Å². The number of hydrogen-bond acceptors (Lipinski definition) is 6. The lowest BCUT2D eigenvalue weighted by Crippen LogP contribution is -2.25. The van der Waals surface area contributed by atoms with Crippen LogP contribution in [-0.4, -0.2) is 25.5 Å². The summed E-state index contributed by atoms with van der Waals surface area (Å²) in [5, 5.41) is 28.4. The summed E-state index contributed by atoms with van der Waals surface area (Å²) in [7, 11) is 0. The van der Waals surface area contributed by atoms with Gasteiger partial charge in [-0.3, -0.25) is 29.7 Å². The van der Waals surface area contributed by atoms with E-state index in [0.717, 1.165) is 0 Å². The number of nitrogens with one attached hydrogen (secondary N) is 1. The molecule has 0 saturated heterocycles. The summed E-state index contributed by atoms with van der Waals surface area (Å²) in [6.45, 7) is 4.54. The molecule has 1 amide bonds. The van der Waals surface area contributed by atoms with E-state index in [0.29, 0.717) is 0 Å². The van der Waals surface area contributed by atoms with Crippen LogP contribution in [0.1, 0.15) is 24.4 Å². The number of nitro benzene ring substituents is 1. The van der Waals surface area contributed by atoms with Crippen molar-refractivity contribution in [1.82, 2.24) is 9.78 Å². The largest absolute Gasteiger partial charge is 0.324 e. The van der Waals surface area contributed by atoms with Crippen molar-refractivity contribution >= 4 is 23.0 Å². The van der Waals surface area contributed by atoms with Crippen LogP contribution in [-0.2, 0) is 4.79 Å². The van der Waals surface area contributed by atoms with Crippen molar-refractivity contribution in [3.8, 4) is 0 Å². The average molecular weight is 333 g/mol. The molecule has 2 aromatic rings. The van der Waals surface area contributed by atoms with E-state index in [4.69, 9.17) is 0 Å². The molecule has 0 radical (unpaired) electrons. The third-order valence-corrected chi connectivity index (χ3v) is 3.54. The first-order valence-electron chi connectivity index (χ1n) is 6.97. The van der Waals surface area contributed by atoms with Crippen molar-refractivity contribution in [2.75, 3.05) is 5.32 Å². The van der Waals surface area contributed by atoms with Gasteiger partial charge in [-0.05, 0) is 26.8 Å². The van der Waals surface area contributed by atoms with Crippen LogP contribution in [0.25, 0.3) is 0 Å². The molecule has 0 saturated carbocycles. The number of aryl methyl sites for hydroxylation is 1. The third kappa shape index (κ3) is 3.21. The van der Waals surface area contributed by atoms with Gasteiger partial charge in [0, 0.05) is 17.8 Å². The fourth-order valence-corrected chi connectivity index (χ4v) is 2.35. The summed E-state index contributed by atoms with van der Waals surface area (Å²) in [4.78, 5) is 33.0. The van der Waals surface area contributed by atoms with Gasteiger partial charge in [-0.2, -0.15) is 5.10 Å². The molecule has 1 N–H and O–H groups in total. The topological polar surface area (TPSA) is 133 Å². The Hall–Kier alpha value is -3.30. The Balaban J connectivity index is 2.25. The summed E-state index contributed by atoms with van der Waals surface area (Å²) in [6, 6.07) is 4.68. The molecule has 0 bridgehead atoms. The van der Waals surface area contributed by atoms with E-state index in [-0.39, 0.29) is 28.5 Å². The van der Waals surface area contributed by atoms with E-state index in [1.165, 1.54) is 49.7 Å². The van der Waals surface area contributed by atoms with Crippen molar-refractivity contribution in [3.05, 3.63) is 55.9 Å². The minimum atomic E-state index is -0.823. The summed E-state index contributed by atoms with van der Waals surface area (Å²) in [5.74, 6) is -0.490. The molecular weight excluding hydrogens is 318 g/mol. The van der Waals surface area contributed by atoms with Crippen LogP contribution in [0.4, 0.5) is 17.1 Å². The van der Waals surface area contributed by atoms with Crippen molar-refractivity contribution in [1.29, 1.82) is 0 Å². The first-order valence-corrected chi connectivity index (χ1v) is 6.97. The molecule has 1 unspecified atom stereocenters. The van der Waals surface area contributed by atoms with Crippen LogP contribution >= 0.6 is 0 Å². The molecule has 0 aliphatic rings. The number of rotatable bonds is 5. The number of hydrogen-bond donors (Lipinski definition) is 1. The number of aromatic nitrogens is 2.